The van der Waals surface area contributed by atoms with Crippen LogP contribution >= 0.6 is 0 Å². The van der Waals surface area contributed by atoms with Gasteiger partial charge < -0.3 is 9.67 Å². The summed E-state index contributed by atoms with van der Waals surface area (Å²) >= 11 is 0. The van der Waals surface area contributed by atoms with Gasteiger partial charge in [0.1, 0.15) is 5.75 Å². The van der Waals surface area contributed by atoms with Crippen LogP contribution in [0.5, 0.6) is 5.75 Å². The largest absolute Gasteiger partial charge is 0.508 e. The number of nitro groups is 1. The highest BCUT2D eigenvalue weighted by Gasteiger charge is 2.21. The van der Waals surface area contributed by atoms with Crippen molar-refractivity contribution in [3.05, 3.63) is 70.4 Å². The molecule has 0 amide bonds. The van der Waals surface area contributed by atoms with Crippen LogP contribution in [0.15, 0.2) is 54.7 Å². The van der Waals surface area contributed by atoms with Gasteiger partial charge in [0, 0.05) is 54.9 Å². The molecule has 0 aliphatic carbocycles. The predicted octanol–water partition coefficient (Wildman–Crippen LogP) is 4.09. The molecule has 0 saturated carbocycles. The van der Waals surface area contributed by atoms with Crippen LogP contribution in [0.1, 0.15) is 24.4 Å². The topological polar surface area (TPSA) is 71.5 Å². The number of rotatable bonds is 4. The molecule has 0 spiro atoms. The zero-order valence-corrected chi connectivity index (χ0v) is 14.4. The number of fused-ring (bicyclic) bond motifs is 1. The van der Waals surface area contributed by atoms with E-state index in [0.717, 1.165) is 48.9 Å². The van der Waals surface area contributed by atoms with Gasteiger partial charge in [-0.25, -0.2) is 0 Å². The summed E-state index contributed by atoms with van der Waals surface area (Å²) in [7, 11) is 0. The molecule has 26 heavy (non-hydrogen) atoms. The van der Waals surface area contributed by atoms with E-state index in [4.69, 9.17) is 0 Å². The van der Waals surface area contributed by atoms with Crippen LogP contribution in [0.4, 0.5) is 5.69 Å². The van der Waals surface area contributed by atoms with E-state index in [1.54, 1.807) is 24.3 Å². The van der Waals surface area contributed by atoms with Crippen molar-refractivity contribution in [2.75, 3.05) is 13.1 Å². The average Bonchev–Trinajstić information content (AvgIpc) is 3.06. The number of nitrogens with zero attached hydrogens (tertiary/aromatic N) is 3. The third-order valence-corrected chi connectivity index (χ3v) is 5.21. The number of hydrogen-bond donors (Lipinski definition) is 1. The highest BCUT2D eigenvalue weighted by atomic mass is 16.6. The van der Waals surface area contributed by atoms with E-state index in [9.17, 15) is 15.2 Å². The summed E-state index contributed by atoms with van der Waals surface area (Å²) in [5.74, 6) is 0.299. The van der Waals surface area contributed by atoms with Crippen molar-refractivity contribution in [3.8, 4) is 5.75 Å². The Morgan fingerprint density at radius 2 is 1.81 bits per heavy atom. The smallest absolute Gasteiger partial charge is 0.269 e. The van der Waals surface area contributed by atoms with E-state index in [-0.39, 0.29) is 10.6 Å². The monoisotopic (exact) mass is 351 g/mol. The maximum Gasteiger partial charge on any atom is 0.269 e. The lowest BCUT2D eigenvalue weighted by atomic mass is 10.0. The number of likely N-dealkylation sites (tertiary alicyclic amines) is 1. The van der Waals surface area contributed by atoms with Gasteiger partial charge >= 0.3 is 0 Å². The van der Waals surface area contributed by atoms with Gasteiger partial charge in [0.15, 0.2) is 0 Å². The molecule has 1 N–H and O–H groups in total. The Balaban J connectivity index is 1.39. The number of phenols is 1. The lowest BCUT2D eigenvalue weighted by Crippen LogP contribution is -2.34. The first kappa shape index (κ1) is 16.6. The number of phenolic OH excluding ortho intramolecular Hbond substituents is 1. The summed E-state index contributed by atoms with van der Waals surface area (Å²) in [5.41, 5.74) is 2.41. The second kappa shape index (κ2) is 6.80. The highest BCUT2D eigenvalue weighted by molar-refractivity contribution is 5.81. The Bertz CT molecular complexity index is 925. The maximum atomic E-state index is 10.7. The molecule has 2 heterocycles. The molecule has 0 radical (unpaired) electrons. The molecule has 6 heteroatoms. The van der Waals surface area contributed by atoms with Gasteiger partial charge in [-0.15, -0.1) is 0 Å². The Kier molecular flexibility index (Phi) is 4.34. The molecular formula is C20H21N3O3. The summed E-state index contributed by atoms with van der Waals surface area (Å²) < 4.78 is 2.32. The molecule has 4 rings (SSSR count). The fourth-order valence-corrected chi connectivity index (χ4v) is 3.81. The Morgan fingerprint density at radius 3 is 2.50 bits per heavy atom. The third-order valence-electron chi connectivity index (χ3n) is 5.21. The molecule has 0 atom stereocenters. The van der Waals surface area contributed by atoms with Gasteiger partial charge in [-0.3, -0.25) is 15.0 Å². The van der Waals surface area contributed by atoms with Crippen molar-refractivity contribution < 1.29 is 10.0 Å². The van der Waals surface area contributed by atoms with E-state index in [1.807, 2.05) is 18.2 Å². The highest BCUT2D eigenvalue weighted by Crippen LogP contribution is 2.30. The number of piperidine rings is 1. The summed E-state index contributed by atoms with van der Waals surface area (Å²) in [5, 5.41) is 21.4. The van der Waals surface area contributed by atoms with Crippen molar-refractivity contribution in [1.29, 1.82) is 0 Å². The lowest BCUT2D eigenvalue weighted by Gasteiger charge is -2.33. The van der Waals surface area contributed by atoms with E-state index in [0.29, 0.717) is 11.8 Å². The number of aromatic nitrogens is 1. The van der Waals surface area contributed by atoms with E-state index in [1.165, 1.54) is 0 Å². The first-order valence-electron chi connectivity index (χ1n) is 8.85. The minimum atomic E-state index is -0.365. The van der Waals surface area contributed by atoms with E-state index in [2.05, 4.69) is 21.7 Å². The molecule has 1 aliphatic rings. The quantitative estimate of drug-likeness (QED) is 0.568. The van der Waals surface area contributed by atoms with Crippen molar-refractivity contribution in [1.82, 2.24) is 9.47 Å². The van der Waals surface area contributed by atoms with Gasteiger partial charge in [-0.1, -0.05) is 12.1 Å². The van der Waals surface area contributed by atoms with Gasteiger partial charge in [-0.05, 0) is 42.7 Å². The van der Waals surface area contributed by atoms with Gasteiger partial charge in [0.05, 0.1) is 4.92 Å². The van der Waals surface area contributed by atoms with Gasteiger partial charge in [0.25, 0.3) is 5.69 Å². The predicted molar refractivity (Wildman–Crippen MR) is 100 cm³/mol. The van der Waals surface area contributed by atoms with Crippen LogP contribution in [-0.4, -0.2) is 32.6 Å². The Morgan fingerprint density at radius 1 is 1.08 bits per heavy atom. The van der Waals surface area contributed by atoms with Crippen LogP contribution in [0.25, 0.3) is 10.9 Å². The SMILES string of the molecule is O=[N+]([O-])c1ccc(CN2CCC(n3ccc4cc(O)ccc43)CC2)cc1. The molecule has 1 fully saturated rings. The normalized spacial score (nSPS) is 16.2. The molecule has 1 aromatic heterocycles. The number of benzene rings is 2. The zero-order valence-electron chi connectivity index (χ0n) is 14.4. The van der Waals surface area contributed by atoms with Gasteiger partial charge in [0.2, 0.25) is 0 Å². The Hall–Kier alpha value is -2.86. The Labute approximate surface area is 151 Å². The molecule has 134 valence electrons. The first-order valence-corrected chi connectivity index (χ1v) is 8.85. The van der Waals surface area contributed by atoms with Crippen LogP contribution in [-0.2, 0) is 6.54 Å². The summed E-state index contributed by atoms with van der Waals surface area (Å²) in [6.45, 7) is 2.82. The van der Waals surface area contributed by atoms with Crippen molar-refractivity contribution in [2.45, 2.75) is 25.4 Å². The van der Waals surface area contributed by atoms with E-state index < -0.39 is 0 Å². The van der Waals surface area contributed by atoms with Crippen LogP contribution in [0, 0.1) is 10.1 Å². The second-order valence-corrected chi connectivity index (χ2v) is 6.90. The number of aromatic hydroxyl groups is 1. The minimum absolute atomic E-state index is 0.137. The number of nitro benzene ring substituents is 1. The lowest BCUT2D eigenvalue weighted by molar-refractivity contribution is -0.384. The minimum Gasteiger partial charge on any atom is -0.508 e. The van der Waals surface area contributed by atoms with Crippen LogP contribution in [0.3, 0.4) is 0 Å². The molecule has 6 nitrogen and oxygen atoms in total. The first-order chi connectivity index (χ1) is 12.6. The fourth-order valence-electron chi connectivity index (χ4n) is 3.81. The third kappa shape index (κ3) is 3.28. The van der Waals surface area contributed by atoms with Crippen LogP contribution in [0.2, 0.25) is 0 Å². The number of hydrogen-bond acceptors (Lipinski definition) is 4. The maximum absolute atomic E-state index is 10.7. The molecule has 0 bridgehead atoms. The van der Waals surface area contributed by atoms with E-state index >= 15 is 0 Å². The zero-order chi connectivity index (χ0) is 18.1. The molecular weight excluding hydrogens is 330 g/mol. The van der Waals surface area contributed by atoms with Gasteiger partial charge in [-0.2, -0.15) is 0 Å². The summed E-state index contributed by atoms with van der Waals surface area (Å²) in [4.78, 5) is 12.8. The second-order valence-electron chi connectivity index (χ2n) is 6.90. The molecule has 2 aromatic carbocycles. The molecule has 1 aliphatic heterocycles. The summed E-state index contributed by atoms with van der Waals surface area (Å²) in [6, 6.07) is 14.9. The molecule has 1 saturated heterocycles. The fraction of sp³-hybridized carbons (Fsp3) is 0.300. The molecule has 3 aromatic rings. The number of non-ortho nitro benzene ring substituents is 1. The summed E-state index contributed by atoms with van der Waals surface area (Å²) in [6.07, 6.45) is 4.25. The average molecular weight is 351 g/mol. The van der Waals surface area contributed by atoms with Crippen LogP contribution < -0.4 is 0 Å². The molecule has 0 unspecified atom stereocenters. The van der Waals surface area contributed by atoms with Crippen molar-refractivity contribution >= 4 is 16.6 Å². The van der Waals surface area contributed by atoms with Crippen molar-refractivity contribution in [2.24, 2.45) is 0 Å². The van der Waals surface area contributed by atoms with Crippen molar-refractivity contribution in [3.63, 3.8) is 0 Å². The standard InChI is InChI=1S/C20H21N3O3/c24-19-5-6-20-16(13-19)7-12-22(20)17-8-10-21(11-9-17)14-15-1-3-18(4-2-15)23(25)26/h1-7,12-13,17,24H,8-11,14H2.